The van der Waals surface area contributed by atoms with Crippen molar-refractivity contribution in [2.75, 3.05) is 84.1 Å². The highest BCUT2D eigenvalue weighted by atomic mass is 16.5. The summed E-state index contributed by atoms with van der Waals surface area (Å²) in [6, 6.07) is 35.3. The van der Waals surface area contributed by atoms with E-state index in [0.717, 1.165) is 92.2 Å². The van der Waals surface area contributed by atoms with Crippen molar-refractivity contribution in [1.29, 1.82) is 0 Å². The first-order valence-corrected chi connectivity index (χ1v) is 21.4. The highest BCUT2D eigenvalue weighted by Crippen LogP contribution is 2.25. The molecule has 8 N–H and O–H groups in total. The Morgan fingerprint density at radius 2 is 1.00 bits per heavy atom. The van der Waals surface area contributed by atoms with Crippen LogP contribution in [0.1, 0.15) is 26.7 Å². The van der Waals surface area contributed by atoms with Gasteiger partial charge in [0.1, 0.15) is 0 Å². The molecule has 8 rings (SSSR count). The number of ether oxygens (including phenoxy) is 2. The maximum absolute atomic E-state index is 11.8. The molecule has 0 radical (unpaired) electrons. The molecule has 0 saturated carbocycles. The van der Waals surface area contributed by atoms with E-state index in [2.05, 4.69) is 70.0 Å². The molecule has 0 aliphatic carbocycles. The fraction of sp³-hybridized carbons (Fsp3) is 0.292. The molecular formula is C48H56N10O7. The Balaban J connectivity index is 0.000000191. The van der Waals surface area contributed by atoms with E-state index in [9.17, 15) is 14.7 Å². The third-order valence-electron chi connectivity index (χ3n) is 9.93. The summed E-state index contributed by atoms with van der Waals surface area (Å²) < 4.78 is 10.8. The fourth-order valence-electron chi connectivity index (χ4n) is 6.68. The summed E-state index contributed by atoms with van der Waals surface area (Å²) in [7, 11) is 0. The van der Waals surface area contributed by atoms with Crippen molar-refractivity contribution in [3.05, 3.63) is 122 Å². The van der Waals surface area contributed by atoms with Gasteiger partial charge in [0.25, 0.3) is 0 Å². The van der Waals surface area contributed by atoms with Crippen LogP contribution in [-0.2, 0) is 19.1 Å². The van der Waals surface area contributed by atoms with Crippen LogP contribution >= 0.6 is 0 Å². The first-order chi connectivity index (χ1) is 31.5. The number of carbonyl (C=O) groups excluding carboxylic acids is 1. The van der Waals surface area contributed by atoms with Gasteiger partial charge in [0, 0.05) is 83.8 Å². The fourth-order valence-corrected chi connectivity index (χ4v) is 6.68. The van der Waals surface area contributed by atoms with Gasteiger partial charge in [-0.05, 0) is 98.8 Å². The van der Waals surface area contributed by atoms with E-state index in [4.69, 9.17) is 25.4 Å². The van der Waals surface area contributed by atoms with Crippen LogP contribution < -0.4 is 31.5 Å². The molecule has 17 heteroatoms. The van der Waals surface area contributed by atoms with E-state index >= 15 is 0 Å². The molecule has 2 aliphatic rings. The molecule has 340 valence electrons. The maximum Gasteiger partial charge on any atom is 0.305 e. The number of carboxylic acids is 1. The zero-order chi connectivity index (χ0) is 46.0. The molecule has 1 amide bonds. The van der Waals surface area contributed by atoms with Crippen molar-refractivity contribution in [2.45, 2.75) is 38.9 Å². The first kappa shape index (κ1) is 47.3. The van der Waals surface area contributed by atoms with Gasteiger partial charge in [0.2, 0.25) is 17.8 Å². The van der Waals surface area contributed by atoms with E-state index in [-0.39, 0.29) is 18.7 Å². The summed E-state index contributed by atoms with van der Waals surface area (Å²) in [6.07, 6.45) is 1.97. The molecule has 0 bridgehead atoms. The average molecular weight is 885 g/mol. The summed E-state index contributed by atoms with van der Waals surface area (Å²) in [5.41, 5.74) is 14.9. The minimum Gasteiger partial charge on any atom is -0.481 e. The highest BCUT2D eigenvalue weighted by Gasteiger charge is 2.13. The number of carbonyl (C=O) groups is 2. The van der Waals surface area contributed by atoms with Crippen molar-refractivity contribution in [3.63, 3.8) is 0 Å². The zero-order valence-electron chi connectivity index (χ0n) is 36.5. The molecule has 0 spiro atoms. The smallest absolute Gasteiger partial charge is 0.305 e. The van der Waals surface area contributed by atoms with Crippen LogP contribution in [0.2, 0.25) is 0 Å². The number of morpholine rings is 2. The highest BCUT2D eigenvalue weighted by molar-refractivity contribution is 5.91. The van der Waals surface area contributed by atoms with E-state index in [1.54, 1.807) is 19.3 Å². The Morgan fingerprint density at radius 3 is 1.38 bits per heavy atom. The van der Waals surface area contributed by atoms with Gasteiger partial charge in [-0.3, -0.25) is 9.59 Å². The predicted octanol–water partition coefficient (Wildman–Crippen LogP) is 6.58. The van der Waals surface area contributed by atoms with Gasteiger partial charge < -0.3 is 56.3 Å². The van der Waals surface area contributed by atoms with Gasteiger partial charge in [-0.15, -0.1) is 0 Å². The van der Waals surface area contributed by atoms with Gasteiger partial charge in [-0.2, -0.15) is 0 Å². The zero-order valence-corrected chi connectivity index (χ0v) is 36.5. The average Bonchev–Trinajstić information content (AvgIpc) is 3.30. The molecule has 4 aromatic carbocycles. The topological polar surface area (TPSA) is 233 Å². The Hall–Kier alpha value is -7.18. The summed E-state index contributed by atoms with van der Waals surface area (Å²) >= 11 is 0. The number of aromatic nitrogens is 4. The van der Waals surface area contributed by atoms with Crippen molar-refractivity contribution >= 4 is 57.9 Å². The Morgan fingerprint density at radius 1 is 0.600 bits per heavy atom. The minimum atomic E-state index is -0.963. The second-order valence-corrected chi connectivity index (χ2v) is 15.3. The molecule has 2 atom stereocenters. The van der Waals surface area contributed by atoms with Crippen LogP contribution in [0.5, 0.6) is 0 Å². The third kappa shape index (κ3) is 15.5. The quantitative estimate of drug-likeness (QED) is 0.0607. The molecule has 4 heterocycles. The van der Waals surface area contributed by atoms with Gasteiger partial charge in [-0.1, -0.05) is 24.3 Å². The van der Waals surface area contributed by atoms with Crippen LogP contribution in [-0.4, -0.2) is 112 Å². The number of nitrogens with one attached hydrogen (secondary N) is 3. The molecule has 0 unspecified atom stereocenters. The number of nitrogens with zero attached hydrogens (tertiary/aromatic N) is 6. The number of rotatable bonds is 13. The second kappa shape index (κ2) is 24.0. The van der Waals surface area contributed by atoms with E-state index in [1.165, 1.54) is 18.3 Å². The number of nitrogens with two attached hydrogens (primary N) is 1. The molecule has 2 aliphatic heterocycles. The number of benzene rings is 4. The number of nitrogen functional groups attached to an aromatic ring is 1. The van der Waals surface area contributed by atoms with E-state index in [1.807, 2.05) is 84.9 Å². The largest absolute Gasteiger partial charge is 0.481 e. The number of aliphatic hydroxyl groups is 2. The number of hydrogen-bond acceptors (Lipinski definition) is 15. The van der Waals surface area contributed by atoms with Crippen LogP contribution in [0.3, 0.4) is 0 Å². The standard InChI is InChI=1S/C24H27N5O3.C20H21N5O.C4H8O3/c1-17(30)16-23(31)26-19-4-2-18(3-5-19)22-10-11-25-24(28-22)27-20-6-8-21(9-7-20)29-12-14-32-15-13-29;21-16-3-1-15(2-4-16)19-9-10-22-20(24-19)23-17-5-7-18(8-6-17)25-11-13-26-14-12-25;1-3(5)2-4(6)7/h2-11,17,30H,12-16H2,1H3,(H,26,31)(H,25,27,28);1-10H,11-14,21H2,(H,22,23,24);3,5H,2H2,1H3,(H,6,7)/t17-;;3-/m0.0/s1. The first-order valence-electron chi connectivity index (χ1n) is 21.4. The molecule has 17 nitrogen and oxygen atoms in total. The number of amides is 1. The summed E-state index contributed by atoms with van der Waals surface area (Å²) in [5.74, 6) is -0.106. The lowest BCUT2D eigenvalue weighted by Crippen LogP contribution is -2.36. The number of aliphatic carboxylic acids is 1. The molecule has 65 heavy (non-hydrogen) atoms. The molecule has 2 aromatic heterocycles. The molecular weight excluding hydrogens is 829 g/mol. The molecule has 2 fully saturated rings. The number of anilines is 8. The third-order valence-corrected chi connectivity index (χ3v) is 9.93. The summed E-state index contributed by atoms with van der Waals surface area (Å²) in [5, 5.41) is 34.9. The summed E-state index contributed by atoms with van der Waals surface area (Å²) in [4.78, 5) is 43.9. The Kier molecular flexibility index (Phi) is 17.5. The van der Waals surface area contributed by atoms with Gasteiger partial charge in [-0.25, -0.2) is 19.9 Å². The van der Waals surface area contributed by atoms with Crippen LogP contribution in [0.25, 0.3) is 22.5 Å². The maximum atomic E-state index is 11.8. The van der Waals surface area contributed by atoms with Crippen molar-refractivity contribution < 1.29 is 34.4 Å². The Bertz CT molecular complexity index is 2390. The SMILES string of the molecule is C[C@H](O)CC(=O)Nc1ccc(-c2ccnc(Nc3ccc(N4CCOCC4)cc3)n2)cc1.C[C@H](O)CC(=O)O.Nc1ccc(-c2ccnc(Nc3ccc(N4CCOCC4)cc3)n2)cc1. The van der Waals surface area contributed by atoms with Gasteiger partial charge in [0.05, 0.1) is 62.9 Å². The van der Waals surface area contributed by atoms with Gasteiger partial charge in [0.15, 0.2) is 0 Å². The normalized spacial score (nSPS) is 14.3. The molecule has 6 aromatic rings. The Labute approximate surface area is 378 Å². The lowest BCUT2D eigenvalue weighted by Gasteiger charge is -2.28. The van der Waals surface area contributed by atoms with E-state index < -0.39 is 18.2 Å². The lowest BCUT2D eigenvalue weighted by molar-refractivity contribution is -0.138. The second-order valence-electron chi connectivity index (χ2n) is 15.3. The lowest BCUT2D eigenvalue weighted by atomic mass is 10.1. The number of hydrogen-bond donors (Lipinski definition) is 7. The number of carboxylic acid groups (broad SMARTS) is 1. The van der Waals surface area contributed by atoms with Gasteiger partial charge >= 0.3 is 5.97 Å². The van der Waals surface area contributed by atoms with Crippen LogP contribution in [0.15, 0.2) is 122 Å². The molecule has 2 saturated heterocycles. The van der Waals surface area contributed by atoms with Crippen LogP contribution in [0, 0.1) is 0 Å². The number of aliphatic hydroxyl groups excluding tert-OH is 2. The van der Waals surface area contributed by atoms with E-state index in [0.29, 0.717) is 17.6 Å². The minimum absolute atomic E-state index is 0.0656. The van der Waals surface area contributed by atoms with Crippen LogP contribution in [0.4, 0.5) is 46.0 Å². The van der Waals surface area contributed by atoms with Crippen molar-refractivity contribution in [2.24, 2.45) is 0 Å². The summed E-state index contributed by atoms with van der Waals surface area (Å²) in [6.45, 7) is 9.78. The van der Waals surface area contributed by atoms with Crippen molar-refractivity contribution in [1.82, 2.24) is 19.9 Å². The van der Waals surface area contributed by atoms with Crippen molar-refractivity contribution in [3.8, 4) is 22.5 Å². The monoisotopic (exact) mass is 884 g/mol. The predicted molar refractivity (Wildman–Crippen MR) is 254 cm³/mol.